The van der Waals surface area contributed by atoms with Crippen LogP contribution < -0.4 is 5.73 Å². The van der Waals surface area contributed by atoms with Crippen molar-refractivity contribution in [2.75, 3.05) is 13.7 Å². The first-order valence-corrected chi connectivity index (χ1v) is 6.63. The molecule has 0 unspecified atom stereocenters. The molecule has 0 heterocycles. The molecule has 0 bridgehead atoms. The van der Waals surface area contributed by atoms with Crippen LogP contribution in [-0.4, -0.2) is 19.6 Å². The third-order valence-corrected chi connectivity index (χ3v) is 4.31. The lowest BCUT2D eigenvalue weighted by molar-refractivity contribution is 0.0599. The minimum Gasteiger partial charge on any atom is -0.465 e. The Kier molecular flexibility index (Phi) is 3.90. The smallest absolute Gasteiger partial charge is 0.338 e. The highest BCUT2D eigenvalue weighted by atomic mass is 19.1. The van der Waals surface area contributed by atoms with Crippen molar-refractivity contribution in [3.63, 3.8) is 0 Å². The van der Waals surface area contributed by atoms with E-state index in [-0.39, 0.29) is 11.2 Å². The lowest BCUT2D eigenvalue weighted by Gasteiger charge is -2.28. The normalized spacial score (nSPS) is 17.5. The van der Waals surface area contributed by atoms with Crippen molar-refractivity contribution in [1.82, 2.24) is 0 Å². The van der Waals surface area contributed by atoms with Crippen LogP contribution in [0.2, 0.25) is 0 Å². The van der Waals surface area contributed by atoms with Crippen molar-refractivity contribution in [1.29, 1.82) is 0 Å². The molecule has 1 saturated carbocycles. The molecule has 2 N–H and O–H groups in total. The van der Waals surface area contributed by atoms with Crippen LogP contribution in [0.25, 0.3) is 0 Å². The van der Waals surface area contributed by atoms with Gasteiger partial charge in [0.25, 0.3) is 0 Å². The Morgan fingerprint density at radius 3 is 2.58 bits per heavy atom. The fourth-order valence-electron chi connectivity index (χ4n) is 2.97. The maximum atomic E-state index is 14.0. The van der Waals surface area contributed by atoms with E-state index in [9.17, 15) is 9.18 Å². The number of hydrogen-bond donors (Lipinski definition) is 1. The summed E-state index contributed by atoms with van der Waals surface area (Å²) in [5, 5.41) is 0. The molecule has 1 aliphatic rings. The number of carbonyl (C=O) groups is 1. The molecule has 0 aliphatic heterocycles. The number of ether oxygens (including phenoxy) is 1. The summed E-state index contributed by atoms with van der Waals surface area (Å²) in [4.78, 5) is 11.7. The lowest BCUT2D eigenvalue weighted by Crippen LogP contribution is -2.32. The molecule has 3 nitrogen and oxygen atoms in total. The standard InChI is InChI=1S/C15H20FNO2/c1-10-12(14(18)19-2)7-11(8-13(10)16)15(9-17)5-3-4-6-15/h7-8H,3-6,9,17H2,1-2H3. The van der Waals surface area contributed by atoms with Crippen LogP contribution in [0.5, 0.6) is 0 Å². The van der Waals surface area contributed by atoms with E-state index in [1.54, 1.807) is 13.0 Å². The monoisotopic (exact) mass is 265 g/mol. The predicted molar refractivity (Wildman–Crippen MR) is 71.7 cm³/mol. The number of hydrogen-bond acceptors (Lipinski definition) is 3. The van der Waals surface area contributed by atoms with Gasteiger partial charge in [0.2, 0.25) is 0 Å². The molecule has 0 aromatic heterocycles. The van der Waals surface area contributed by atoms with Gasteiger partial charge in [-0.2, -0.15) is 0 Å². The van der Waals surface area contributed by atoms with Crippen molar-refractivity contribution in [2.24, 2.45) is 5.73 Å². The van der Waals surface area contributed by atoms with E-state index in [0.717, 1.165) is 31.2 Å². The van der Waals surface area contributed by atoms with Crippen LogP contribution >= 0.6 is 0 Å². The summed E-state index contributed by atoms with van der Waals surface area (Å²) >= 11 is 0. The van der Waals surface area contributed by atoms with Crippen LogP contribution in [0.4, 0.5) is 4.39 Å². The molecule has 1 aromatic rings. The molecule has 104 valence electrons. The van der Waals surface area contributed by atoms with Gasteiger partial charge >= 0.3 is 5.97 Å². The SMILES string of the molecule is COC(=O)c1cc(C2(CN)CCCC2)cc(F)c1C. The Bertz CT molecular complexity index is 493. The summed E-state index contributed by atoms with van der Waals surface area (Å²) in [6.07, 6.45) is 4.10. The summed E-state index contributed by atoms with van der Waals surface area (Å²) in [5.74, 6) is -0.860. The maximum absolute atomic E-state index is 14.0. The van der Waals surface area contributed by atoms with Crippen molar-refractivity contribution in [2.45, 2.75) is 38.0 Å². The zero-order valence-electron chi connectivity index (χ0n) is 11.5. The largest absolute Gasteiger partial charge is 0.465 e. The Morgan fingerprint density at radius 2 is 2.05 bits per heavy atom. The van der Waals surface area contributed by atoms with Gasteiger partial charge in [0.05, 0.1) is 12.7 Å². The van der Waals surface area contributed by atoms with Gasteiger partial charge in [-0.3, -0.25) is 0 Å². The molecule has 0 radical (unpaired) electrons. The highest BCUT2D eigenvalue weighted by Gasteiger charge is 2.35. The second kappa shape index (κ2) is 5.29. The molecule has 4 heteroatoms. The van der Waals surface area contributed by atoms with E-state index in [4.69, 9.17) is 10.5 Å². The number of nitrogens with two attached hydrogens (primary N) is 1. The first-order chi connectivity index (χ1) is 9.04. The van der Waals surface area contributed by atoms with Crippen molar-refractivity contribution in [3.05, 3.63) is 34.6 Å². The summed E-state index contributed by atoms with van der Waals surface area (Å²) < 4.78 is 18.8. The molecule has 1 fully saturated rings. The minimum atomic E-state index is -0.497. The second-order valence-corrected chi connectivity index (χ2v) is 5.31. The predicted octanol–water partition coefficient (Wildman–Crippen LogP) is 2.69. The average Bonchev–Trinajstić information content (AvgIpc) is 2.90. The Morgan fingerprint density at radius 1 is 1.42 bits per heavy atom. The van der Waals surface area contributed by atoms with Crippen LogP contribution in [0.3, 0.4) is 0 Å². The van der Waals surface area contributed by atoms with Gasteiger partial charge in [-0.25, -0.2) is 9.18 Å². The van der Waals surface area contributed by atoms with Crippen LogP contribution in [0.1, 0.15) is 47.2 Å². The van der Waals surface area contributed by atoms with Crippen LogP contribution in [0.15, 0.2) is 12.1 Å². The van der Waals surface area contributed by atoms with E-state index in [1.807, 2.05) is 0 Å². The maximum Gasteiger partial charge on any atom is 0.338 e. The Hall–Kier alpha value is -1.42. The van der Waals surface area contributed by atoms with Gasteiger partial charge in [-0.05, 0) is 43.0 Å². The van der Waals surface area contributed by atoms with Crippen LogP contribution in [0, 0.1) is 12.7 Å². The molecule has 0 spiro atoms. The lowest BCUT2D eigenvalue weighted by atomic mass is 9.78. The van der Waals surface area contributed by atoms with Gasteiger partial charge < -0.3 is 10.5 Å². The van der Waals surface area contributed by atoms with Gasteiger partial charge in [-0.15, -0.1) is 0 Å². The molecule has 2 rings (SSSR count). The summed E-state index contributed by atoms with van der Waals surface area (Å²) in [6, 6.07) is 3.28. The van der Waals surface area contributed by atoms with Gasteiger partial charge in [0.1, 0.15) is 5.82 Å². The van der Waals surface area contributed by atoms with E-state index < -0.39 is 5.97 Å². The van der Waals surface area contributed by atoms with E-state index in [2.05, 4.69) is 0 Å². The zero-order chi connectivity index (χ0) is 14.0. The third kappa shape index (κ3) is 2.37. The fourth-order valence-corrected chi connectivity index (χ4v) is 2.97. The molecule has 19 heavy (non-hydrogen) atoms. The number of methoxy groups -OCH3 is 1. The van der Waals surface area contributed by atoms with Gasteiger partial charge in [-0.1, -0.05) is 12.8 Å². The van der Waals surface area contributed by atoms with Crippen molar-refractivity contribution < 1.29 is 13.9 Å². The van der Waals surface area contributed by atoms with Crippen LogP contribution in [-0.2, 0) is 10.2 Å². The number of esters is 1. The number of carbonyl (C=O) groups excluding carboxylic acids is 1. The first-order valence-electron chi connectivity index (χ1n) is 6.63. The number of halogens is 1. The topological polar surface area (TPSA) is 52.3 Å². The Balaban J connectivity index is 2.53. The first kappa shape index (κ1) is 14.0. The van der Waals surface area contributed by atoms with Gasteiger partial charge in [0.15, 0.2) is 0 Å². The molecular weight excluding hydrogens is 245 g/mol. The quantitative estimate of drug-likeness (QED) is 0.855. The van der Waals surface area contributed by atoms with Crippen molar-refractivity contribution in [3.8, 4) is 0 Å². The molecule has 1 aromatic carbocycles. The van der Waals surface area contributed by atoms with E-state index >= 15 is 0 Å². The Labute approximate surface area is 112 Å². The number of rotatable bonds is 3. The third-order valence-electron chi connectivity index (χ3n) is 4.31. The summed E-state index contributed by atoms with van der Waals surface area (Å²) in [7, 11) is 1.31. The highest BCUT2D eigenvalue weighted by Crippen LogP contribution is 2.41. The average molecular weight is 265 g/mol. The fraction of sp³-hybridized carbons (Fsp3) is 0.533. The molecule has 0 saturated heterocycles. The van der Waals surface area contributed by atoms with E-state index in [0.29, 0.717) is 17.7 Å². The molecule has 0 amide bonds. The second-order valence-electron chi connectivity index (χ2n) is 5.31. The van der Waals surface area contributed by atoms with E-state index in [1.165, 1.54) is 13.2 Å². The van der Waals surface area contributed by atoms with Gasteiger partial charge in [0, 0.05) is 12.0 Å². The number of benzene rings is 1. The highest BCUT2D eigenvalue weighted by molar-refractivity contribution is 5.91. The molecular formula is C15H20FNO2. The minimum absolute atomic E-state index is 0.183. The van der Waals surface area contributed by atoms with Crippen molar-refractivity contribution >= 4 is 5.97 Å². The molecule has 0 atom stereocenters. The summed E-state index contributed by atoms with van der Waals surface area (Å²) in [6.45, 7) is 2.07. The zero-order valence-corrected chi connectivity index (χ0v) is 11.5. The summed E-state index contributed by atoms with van der Waals surface area (Å²) in [5.41, 5.74) is 7.19. The molecule has 1 aliphatic carbocycles.